The van der Waals surface area contributed by atoms with E-state index in [0.29, 0.717) is 11.4 Å². The van der Waals surface area contributed by atoms with Gasteiger partial charge in [-0.05, 0) is 42.2 Å². The SMILES string of the molecule is CC1(C)CC(NC(=O)c2ccc(N)nc2)CC(C)(C)C1. The number of amides is 1. The molecule has 0 atom stereocenters. The summed E-state index contributed by atoms with van der Waals surface area (Å²) in [4.78, 5) is 16.2. The summed E-state index contributed by atoms with van der Waals surface area (Å²) in [5.74, 6) is 0.373. The predicted octanol–water partition coefficient (Wildman–Crippen LogP) is 3.00. The number of nitrogens with two attached hydrogens (primary N) is 1. The number of nitrogens with zero attached hydrogens (tertiary/aromatic N) is 1. The highest BCUT2D eigenvalue weighted by Gasteiger charge is 2.38. The molecule has 0 bridgehead atoms. The lowest BCUT2D eigenvalue weighted by Crippen LogP contribution is -2.46. The third-order valence-electron chi connectivity index (χ3n) is 3.94. The van der Waals surface area contributed by atoms with Crippen LogP contribution in [0.25, 0.3) is 0 Å². The van der Waals surface area contributed by atoms with E-state index in [0.717, 1.165) is 12.8 Å². The number of nitrogen functional groups attached to an aromatic ring is 1. The second-order valence-corrected chi connectivity index (χ2v) is 7.56. The number of carbonyl (C=O) groups excluding carboxylic acids is 1. The van der Waals surface area contributed by atoms with E-state index < -0.39 is 0 Å². The number of carbonyl (C=O) groups is 1. The Bertz CT molecular complexity index is 475. The molecule has 1 aliphatic carbocycles. The Balaban J connectivity index is 2.05. The van der Waals surface area contributed by atoms with Gasteiger partial charge in [-0.3, -0.25) is 4.79 Å². The lowest BCUT2D eigenvalue weighted by atomic mass is 9.63. The Labute approximate surface area is 121 Å². The average Bonchev–Trinajstić information content (AvgIpc) is 2.25. The number of pyridine rings is 1. The van der Waals surface area contributed by atoms with Crippen molar-refractivity contribution >= 4 is 11.7 Å². The van der Waals surface area contributed by atoms with Gasteiger partial charge in [0.1, 0.15) is 5.82 Å². The maximum Gasteiger partial charge on any atom is 0.253 e. The van der Waals surface area contributed by atoms with Gasteiger partial charge < -0.3 is 11.1 Å². The van der Waals surface area contributed by atoms with Crippen molar-refractivity contribution in [2.24, 2.45) is 10.8 Å². The summed E-state index contributed by atoms with van der Waals surface area (Å²) in [5, 5.41) is 3.15. The summed E-state index contributed by atoms with van der Waals surface area (Å²) in [5.41, 5.74) is 6.64. The standard InChI is InChI=1S/C16H25N3O/c1-15(2)7-12(8-16(3,4)10-15)19-14(20)11-5-6-13(17)18-9-11/h5-6,9,12H,7-8,10H2,1-4H3,(H2,17,18)(H,19,20). The van der Waals surface area contributed by atoms with Crippen LogP contribution in [0, 0.1) is 10.8 Å². The van der Waals surface area contributed by atoms with Gasteiger partial charge in [0.15, 0.2) is 0 Å². The predicted molar refractivity (Wildman–Crippen MR) is 81.3 cm³/mol. The molecule has 1 fully saturated rings. The van der Waals surface area contributed by atoms with Crippen LogP contribution < -0.4 is 11.1 Å². The first-order chi connectivity index (χ1) is 9.17. The number of rotatable bonds is 2. The smallest absolute Gasteiger partial charge is 0.253 e. The Morgan fingerprint density at radius 3 is 2.35 bits per heavy atom. The number of hydrogen-bond acceptors (Lipinski definition) is 3. The molecule has 0 aromatic carbocycles. The fraction of sp³-hybridized carbons (Fsp3) is 0.625. The minimum Gasteiger partial charge on any atom is -0.384 e. The van der Waals surface area contributed by atoms with Crippen molar-refractivity contribution in [3.05, 3.63) is 23.9 Å². The van der Waals surface area contributed by atoms with Crippen molar-refractivity contribution in [1.82, 2.24) is 10.3 Å². The summed E-state index contributed by atoms with van der Waals surface area (Å²) in [6.07, 6.45) is 4.76. The molecule has 0 radical (unpaired) electrons. The molecular weight excluding hydrogens is 250 g/mol. The first-order valence-electron chi connectivity index (χ1n) is 7.19. The monoisotopic (exact) mass is 275 g/mol. The first-order valence-corrected chi connectivity index (χ1v) is 7.19. The normalized spacial score (nSPS) is 21.4. The summed E-state index contributed by atoms with van der Waals surface area (Å²) >= 11 is 0. The summed E-state index contributed by atoms with van der Waals surface area (Å²) < 4.78 is 0. The molecule has 1 aliphatic rings. The molecule has 0 saturated heterocycles. The minimum absolute atomic E-state index is 0.0593. The zero-order valence-corrected chi connectivity index (χ0v) is 12.9. The number of hydrogen-bond donors (Lipinski definition) is 2. The molecular formula is C16H25N3O. The van der Waals surface area contributed by atoms with Crippen LogP contribution in [-0.4, -0.2) is 16.9 Å². The molecule has 1 heterocycles. The molecule has 1 aromatic rings. The number of anilines is 1. The lowest BCUT2D eigenvalue weighted by molar-refractivity contribution is 0.0713. The topological polar surface area (TPSA) is 68.0 Å². The van der Waals surface area contributed by atoms with Crippen LogP contribution in [0.3, 0.4) is 0 Å². The van der Waals surface area contributed by atoms with Crippen LogP contribution in [0.5, 0.6) is 0 Å². The van der Waals surface area contributed by atoms with E-state index >= 15 is 0 Å². The number of nitrogens with one attached hydrogen (secondary N) is 1. The fourth-order valence-electron chi connectivity index (χ4n) is 3.76. The first kappa shape index (κ1) is 14.8. The molecule has 20 heavy (non-hydrogen) atoms. The summed E-state index contributed by atoms with van der Waals surface area (Å²) in [6.45, 7) is 9.10. The molecule has 2 rings (SSSR count). The Morgan fingerprint density at radius 1 is 1.25 bits per heavy atom. The minimum atomic E-state index is -0.0593. The van der Waals surface area contributed by atoms with Crippen molar-refractivity contribution in [3.8, 4) is 0 Å². The molecule has 4 nitrogen and oxygen atoms in total. The third kappa shape index (κ3) is 3.71. The van der Waals surface area contributed by atoms with Crippen molar-refractivity contribution in [2.45, 2.75) is 53.0 Å². The van der Waals surface area contributed by atoms with Crippen molar-refractivity contribution < 1.29 is 4.79 Å². The molecule has 3 N–H and O–H groups in total. The second-order valence-electron chi connectivity index (χ2n) is 7.56. The van der Waals surface area contributed by atoms with Gasteiger partial charge >= 0.3 is 0 Å². The average molecular weight is 275 g/mol. The molecule has 4 heteroatoms. The highest BCUT2D eigenvalue weighted by Crippen LogP contribution is 2.45. The molecule has 1 aromatic heterocycles. The summed E-state index contributed by atoms with van der Waals surface area (Å²) in [7, 11) is 0. The lowest BCUT2D eigenvalue weighted by Gasteiger charge is -2.45. The van der Waals surface area contributed by atoms with Crippen LogP contribution in [0.1, 0.15) is 57.3 Å². The molecule has 1 amide bonds. The van der Waals surface area contributed by atoms with E-state index in [1.54, 1.807) is 12.1 Å². The molecule has 1 saturated carbocycles. The van der Waals surface area contributed by atoms with Crippen molar-refractivity contribution in [3.63, 3.8) is 0 Å². The van der Waals surface area contributed by atoms with Gasteiger partial charge in [0.05, 0.1) is 5.56 Å². The van der Waals surface area contributed by atoms with Gasteiger partial charge in [0.2, 0.25) is 0 Å². The number of aromatic nitrogens is 1. The van der Waals surface area contributed by atoms with Gasteiger partial charge in [-0.15, -0.1) is 0 Å². The van der Waals surface area contributed by atoms with Crippen LogP contribution in [0.15, 0.2) is 18.3 Å². The fourth-order valence-corrected chi connectivity index (χ4v) is 3.76. The van der Waals surface area contributed by atoms with Gasteiger partial charge in [-0.2, -0.15) is 0 Å². The maximum absolute atomic E-state index is 12.3. The zero-order chi connectivity index (χ0) is 15.0. The second kappa shape index (κ2) is 5.08. The van der Waals surface area contributed by atoms with E-state index in [-0.39, 0.29) is 22.8 Å². The van der Waals surface area contributed by atoms with E-state index in [9.17, 15) is 4.79 Å². The van der Waals surface area contributed by atoms with Crippen LogP contribution in [0.4, 0.5) is 5.82 Å². The highest BCUT2D eigenvalue weighted by molar-refractivity contribution is 5.94. The largest absolute Gasteiger partial charge is 0.384 e. The van der Waals surface area contributed by atoms with Gasteiger partial charge in [-0.1, -0.05) is 27.7 Å². The quantitative estimate of drug-likeness (QED) is 0.871. The van der Waals surface area contributed by atoms with Crippen molar-refractivity contribution in [1.29, 1.82) is 0 Å². The Morgan fingerprint density at radius 2 is 1.85 bits per heavy atom. The molecule has 110 valence electrons. The van der Waals surface area contributed by atoms with Gasteiger partial charge in [0, 0.05) is 12.2 Å². The van der Waals surface area contributed by atoms with Crippen LogP contribution >= 0.6 is 0 Å². The van der Waals surface area contributed by atoms with Crippen LogP contribution in [-0.2, 0) is 0 Å². The summed E-state index contributed by atoms with van der Waals surface area (Å²) in [6, 6.07) is 3.60. The van der Waals surface area contributed by atoms with E-state index in [1.807, 2.05) is 0 Å². The molecule has 0 unspecified atom stereocenters. The Kier molecular flexibility index (Phi) is 3.76. The van der Waals surface area contributed by atoms with E-state index in [4.69, 9.17) is 5.73 Å². The Hall–Kier alpha value is -1.58. The van der Waals surface area contributed by atoms with Crippen molar-refractivity contribution in [2.75, 3.05) is 5.73 Å². The van der Waals surface area contributed by atoms with E-state index in [2.05, 4.69) is 38.0 Å². The van der Waals surface area contributed by atoms with Gasteiger partial charge in [0.25, 0.3) is 5.91 Å². The van der Waals surface area contributed by atoms with E-state index in [1.165, 1.54) is 12.6 Å². The highest BCUT2D eigenvalue weighted by atomic mass is 16.1. The van der Waals surface area contributed by atoms with Crippen LogP contribution in [0.2, 0.25) is 0 Å². The third-order valence-corrected chi connectivity index (χ3v) is 3.94. The maximum atomic E-state index is 12.3. The van der Waals surface area contributed by atoms with Gasteiger partial charge in [-0.25, -0.2) is 4.98 Å². The molecule has 0 spiro atoms. The molecule has 0 aliphatic heterocycles. The zero-order valence-electron chi connectivity index (χ0n) is 12.9.